The predicted molar refractivity (Wildman–Crippen MR) is 89.4 cm³/mol. The van der Waals surface area contributed by atoms with E-state index in [1.54, 1.807) is 18.2 Å². The third kappa shape index (κ3) is 2.95. The minimum atomic E-state index is -0.309. The van der Waals surface area contributed by atoms with Crippen LogP contribution in [-0.2, 0) is 6.54 Å². The van der Waals surface area contributed by atoms with Crippen LogP contribution in [0.25, 0.3) is 11.3 Å². The van der Waals surface area contributed by atoms with E-state index in [1.807, 2.05) is 37.3 Å². The SMILES string of the molecule is Cc1c(-c2ccccc2F)[nH]c(NCc2ccccc2)c1C#N. The molecule has 0 spiro atoms. The van der Waals surface area contributed by atoms with E-state index < -0.39 is 0 Å². The van der Waals surface area contributed by atoms with Gasteiger partial charge < -0.3 is 10.3 Å². The maximum Gasteiger partial charge on any atom is 0.132 e. The molecule has 3 nitrogen and oxygen atoms in total. The smallest absolute Gasteiger partial charge is 0.132 e. The van der Waals surface area contributed by atoms with Crippen molar-refractivity contribution in [2.45, 2.75) is 13.5 Å². The highest BCUT2D eigenvalue weighted by Gasteiger charge is 2.17. The summed E-state index contributed by atoms with van der Waals surface area (Å²) in [6, 6.07) is 18.6. The van der Waals surface area contributed by atoms with Gasteiger partial charge >= 0.3 is 0 Å². The molecule has 0 atom stereocenters. The molecule has 0 saturated heterocycles. The molecule has 0 bridgehead atoms. The van der Waals surface area contributed by atoms with Gasteiger partial charge in [-0.2, -0.15) is 5.26 Å². The lowest BCUT2D eigenvalue weighted by Gasteiger charge is -2.05. The Balaban J connectivity index is 1.94. The summed E-state index contributed by atoms with van der Waals surface area (Å²) < 4.78 is 14.0. The number of aromatic nitrogens is 1. The van der Waals surface area contributed by atoms with Gasteiger partial charge in [0.2, 0.25) is 0 Å². The largest absolute Gasteiger partial charge is 0.366 e. The fraction of sp³-hybridized carbons (Fsp3) is 0.105. The maximum atomic E-state index is 14.0. The number of nitrogens with zero attached hydrogens (tertiary/aromatic N) is 1. The van der Waals surface area contributed by atoms with Crippen molar-refractivity contribution in [3.63, 3.8) is 0 Å². The number of anilines is 1. The number of hydrogen-bond acceptors (Lipinski definition) is 2. The molecule has 0 aliphatic rings. The second kappa shape index (κ2) is 6.37. The van der Waals surface area contributed by atoms with E-state index in [2.05, 4.69) is 16.4 Å². The summed E-state index contributed by atoms with van der Waals surface area (Å²) in [5.41, 5.74) is 3.47. The lowest BCUT2D eigenvalue weighted by molar-refractivity contribution is 0.631. The number of aromatic amines is 1. The van der Waals surface area contributed by atoms with E-state index in [0.717, 1.165) is 11.1 Å². The van der Waals surface area contributed by atoms with Gasteiger partial charge in [-0.15, -0.1) is 0 Å². The van der Waals surface area contributed by atoms with Crippen LogP contribution in [0.15, 0.2) is 54.6 Å². The van der Waals surface area contributed by atoms with Crippen molar-refractivity contribution in [1.82, 2.24) is 4.98 Å². The molecule has 0 unspecified atom stereocenters. The molecule has 3 aromatic rings. The quantitative estimate of drug-likeness (QED) is 0.739. The molecular formula is C19H16FN3. The summed E-state index contributed by atoms with van der Waals surface area (Å²) in [5, 5.41) is 12.7. The van der Waals surface area contributed by atoms with E-state index in [1.165, 1.54) is 6.07 Å². The summed E-state index contributed by atoms with van der Waals surface area (Å²) >= 11 is 0. The molecule has 0 fully saturated rings. The number of hydrogen-bond donors (Lipinski definition) is 2. The van der Waals surface area contributed by atoms with Crippen LogP contribution in [0.1, 0.15) is 16.7 Å². The molecule has 23 heavy (non-hydrogen) atoms. The van der Waals surface area contributed by atoms with Gasteiger partial charge in [-0.1, -0.05) is 42.5 Å². The predicted octanol–water partition coefficient (Wildman–Crippen LogP) is 4.61. The van der Waals surface area contributed by atoms with Gasteiger partial charge in [0.25, 0.3) is 0 Å². The molecular weight excluding hydrogens is 289 g/mol. The van der Waals surface area contributed by atoms with Gasteiger partial charge in [-0.3, -0.25) is 0 Å². The third-order valence-corrected chi connectivity index (χ3v) is 3.82. The van der Waals surface area contributed by atoms with Gasteiger partial charge in [-0.05, 0) is 30.2 Å². The van der Waals surface area contributed by atoms with E-state index in [4.69, 9.17) is 0 Å². The van der Waals surface area contributed by atoms with Crippen molar-refractivity contribution < 1.29 is 4.39 Å². The molecule has 2 N–H and O–H groups in total. The van der Waals surface area contributed by atoms with E-state index in [9.17, 15) is 9.65 Å². The topological polar surface area (TPSA) is 51.6 Å². The lowest BCUT2D eigenvalue weighted by Crippen LogP contribution is -2.00. The molecule has 4 heteroatoms. The van der Waals surface area contributed by atoms with Crippen LogP contribution in [0, 0.1) is 24.1 Å². The number of halogens is 1. The molecule has 0 saturated carbocycles. The van der Waals surface area contributed by atoms with Crippen molar-refractivity contribution in [2.75, 3.05) is 5.32 Å². The Morgan fingerprint density at radius 3 is 2.48 bits per heavy atom. The van der Waals surface area contributed by atoms with Crippen LogP contribution >= 0.6 is 0 Å². The van der Waals surface area contributed by atoms with Gasteiger partial charge in [0.15, 0.2) is 0 Å². The molecule has 1 aromatic heterocycles. The number of nitriles is 1. The second-order valence-electron chi connectivity index (χ2n) is 5.31. The van der Waals surface area contributed by atoms with Crippen molar-refractivity contribution in [1.29, 1.82) is 5.26 Å². The molecule has 0 aliphatic heterocycles. The van der Waals surface area contributed by atoms with Gasteiger partial charge in [-0.25, -0.2) is 4.39 Å². The monoisotopic (exact) mass is 305 g/mol. The number of benzene rings is 2. The summed E-state index contributed by atoms with van der Waals surface area (Å²) in [5.74, 6) is 0.308. The van der Waals surface area contributed by atoms with Crippen molar-refractivity contribution in [2.24, 2.45) is 0 Å². The Morgan fingerprint density at radius 1 is 1.09 bits per heavy atom. The Kier molecular flexibility index (Phi) is 4.11. The van der Waals surface area contributed by atoms with Gasteiger partial charge in [0.1, 0.15) is 17.7 Å². The van der Waals surface area contributed by atoms with Crippen LogP contribution in [0.5, 0.6) is 0 Å². The van der Waals surface area contributed by atoms with Gasteiger partial charge in [0, 0.05) is 12.1 Å². The first-order chi connectivity index (χ1) is 11.2. The molecule has 0 amide bonds. The van der Waals surface area contributed by atoms with Crippen LogP contribution in [0.2, 0.25) is 0 Å². The zero-order valence-electron chi connectivity index (χ0n) is 12.7. The number of rotatable bonds is 4. The van der Waals surface area contributed by atoms with Crippen LogP contribution in [0.3, 0.4) is 0 Å². The van der Waals surface area contributed by atoms with Crippen LogP contribution < -0.4 is 5.32 Å². The lowest BCUT2D eigenvalue weighted by atomic mass is 10.1. The zero-order chi connectivity index (χ0) is 16.2. The zero-order valence-corrected chi connectivity index (χ0v) is 12.7. The summed E-state index contributed by atoms with van der Waals surface area (Å²) in [6.45, 7) is 2.41. The first-order valence-electron chi connectivity index (χ1n) is 7.36. The Bertz CT molecular complexity index is 860. The number of nitrogens with one attached hydrogen (secondary N) is 2. The average Bonchev–Trinajstić information content (AvgIpc) is 2.90. The Hall–Kier alpha value is -3.06. The van der Waals surface area contributed by atoms with E-state index >= 15 is 0 Å². The number of H-pyrrole nitrogens is 1. The van der Waals surface area contributed by atoms with Gasteiger partial charge in [0.05, 0.1) is 11.3 Å². The molecule has 3 rings (SSSR count). The molecule has 1 heterocycles. The summed E-state index contributed by atoms with van der Waals surface area (Å²) in [4.78, 5) is 3.15. The molecule has 0 radical (unpaired) electrons. The Morgan fingerprint density at radius 2 is 1.78 bits per heavy atom. The molecule has 114 valence electrons. The fourth-order valence-corrected chi connectivity index (χ4v) is 2.59. The first-order valence-corrected chi connectivity index (χ1v) is 7.36. The maximum absolute atomic E-state index is 14.0. The van der Waals surface area contributed by atoms with Crippen LogP contribution in [-0.4, -0.2) is 4.98 Å². The highest BCUT2D eigenvalue weighted by Crippen LogP contribution is 2.31. The average molecular weight is 305 g/mol. The van der Waals surface area contributed by atoms with Crippen molar-refractivity contribution >= 4 is 5.82 Å². The summed E-state index contributed by atoms with van der Waals surface area (Å²) in [6.07, 6.45) is 0. The van der Waals surface area contributed by atoms with E-state index in [-0.39, 0.29) is 5.82 Å². The minimum Gasteiger partial charge on any atom is -0.366 e. The van der Waals surface area contributed by atoms with Crippen molar-refractivity contribution in [3.8, 4) is 17.3 Å². The Labute approximate surface area is 134 Å². The highest BCUT2D eigenvalue weighted by atomic mass is 19.1. The highest BCUT2D eigenvalue weighted by molar-refractivity contribution is 5.74. The standard InChI is InChI=1S/C19H16FN3/c1-13-16(11-21)19(22-12-14-7-3-2-4-8-14)23-18(13)15-9-5-6-10-17(15)20/h2-10,22-23H,12H2,1H3. The summed E-state index contributed by atoms with van der Waals surface area (Å²) in [7, 11) is 0. The fourth-order valence-electron chi connectivity index (χ4n) is 2.59. The van der Waals surface area contributed by atoms with Crippen molar-refractivity contribution in [3.05, 3.63) is 77.1 Å². The normalized spacial score (nSPS) is 10.3. The minimum absolute atomic E-state index is 0.309. The van der Waals surface area contributed by atoms with E-state index in [0.29, 0.717) is 29.2 Å². The van der Waals surface area contributed by atoms with Crippen LogP contribution in [0.4, 0.5) is 10.2 Å². The first kappa shape index (κ1) is 14.9. The molecule has 2 aromatic carbocycles. The molecule has 0 aliphatic carbocycles. The second-order valence-corrected chi connectivity index (χ2v) is 5.31. The third-order valence-electron chi connectivity index (χ3n) is 3.82.